The third kappa shape index (κ3) is 2.15. The lowest BCUT2D eigenvalue weighted by Crippen LogP contribution is -1.98. The lowest BCUT2D eigenvalue weighted by Gasteiger charge is -2.04. The molecule has 0 fully saturated rings. The fourth-order valence-corrected chi connectivity index (χ4v) is 3.66. The number of thiophene rings is 1. The van der Waals surface area contributed by atoms with Crippen LogP contribution in [0.1, 0.15) is 10.4 Å². The van der Waals surface area contributed by atoms with Gasteiger partial charge in [0.2, 0.25) is 0 Å². The van der Waals surface area contributed by atoms with Gasteiger partial charge in [0.15, 0.2) is 4.77 Å². The monoisotopic (exact) mass is 386 g/mol. The third-order valence-corrected chi connectivity index (χ3v) is 5.01. The van der Waals surface area contributed by atoms with Crippen molar-refractivity contribution in [3.05, 3.63) is 48.4 Å². The topological polar surface area (TPSA) is 20.7 Å². The summed E-state index contributed by atoms with van der Waals surface area (Å²) in [6.07, 6.45) is 0. The van der Waals surface area contributed by atoms with Crippen molar-refractivity contribution in [1.82, 2.24) is 9.55 Å². The fourth-order valence-electron chi connectivity index (χ4n) is 2.00. The highest BCUT2D eigenvalue weighted by atomic mass is 127. The largest absolute Gasteiger partial charge is 0.331 e. The molecule has 3 rings (SSSR count). The van der Waals surface area contributed by atoms with Crippen molar-refractivity contribution in [1.29, 1.82) is 0 Å². The van der Waals surface area contributed by atoms with E-state index in [0.717, 1.165) is 16.8 Å². The maximum absolute atomic E-state index is 5.42. The molecule has 0 radical (unpaired) electrons. The van der Waals surface area contributed by atoms with E-state index in [4.69, 9.17) is 12.2 Å². The van der Waals surface area contributed by atoms with Crippen molar-refractivity contribution >= 4 is 57.2 Å². The summed E-state index contributed by atoms with van der Waals surface area (Å²) in [6, 6.07) is 8.53. The minimum absolute atomic E-state index is 0.791. The van der Waals surface area contributed by atoms with Crippen molar-refractivity contribution < 1.29 is 0 Å². The van der Waals surface area contributed by atoms with Crippen LogP contribution in [0.15, 0.2) is 29.6 Å². The molecule has 2 aromatic heterocycles. The standard InChI is InChI=1S/C13H11IN2S2/c1-8-4-5-18-12(8)7-16-11-3-2-9(14)6-10(11)15-13(16)17/h2-6H,7H2,1H3,(H,15,17). The summed E-state index contributed by atoms with van der Waals surface area (Å²) in [7, 11) is 0. The highest BCUT2D eigenvalue weighted by Crippen LogP contribution is 2.22. The van der Waals surface area contributed by atoms with E-state index < -0.39 is 0 Å². The van der Waals surface area contributed by atoms with Crippen LogP contribution in [0.4, 0.5) is 0 Å². The number of imidazole rings is 1. The molecule has 0 unspecified atom stereocenters. The number of nitrogens with one attached hydrogen (secondary N) is 1. The Labute approximate surface area is 128 Å². The SMILES string of the molecule is Cc1ccsc1Cn1c(=S)[nH]c2cc(I)ccc21. The second-order valence-corrected chi connectivity index (χ2v) is 6.84. The van der Waals surface area contributed by atoms with Crippen LogP contribution >= 0.6 is 46.1 Å². The van der Waals surface area contributed by atoms with E-state index in [1.807, 2.05) is 0 Å². The van der Waals surface area contributed by atoms with Gasteiger partial charge in [-0.3, -0.25) is 0 Å². The summed E-state index contributed by atoms with van der Waals surface area (Å²) < 4.78 is 4.18. The number of hydrogen-bond donors (Lipinski definition) is 1. The van der Waals surface area contributed by atoms with E-state index in [1.54, 1.807) is 11.3 Å². The number of rotatable bonds is 2. The lowest BCUT2D eigenvalue weighted by atomic mass is 10.3. The molecule has 0 saturated carbocycles. The van der Waals surface area contributed by atoms with E-state index in [-0.39, 0.29) is 0 Å². The molecular weight excluding hydrogens is 375 g/mol. The Bertz CT molecular complexity index is 767. The number of nitrogens with zero attached hydrogens (tertiary/aromatic N) is 1. The summed E-state index contributed by atoms with van der Waals surface area (Å²) in [6.45, 7) is 3.00. The maximum Gasteiger partial charge on any atom is 0.178 e. The molecule has 0 spiro atoms. The summed E-state index contributed by atoms with van der Waals surface area (Å²) >= 11 is 9.52. The van der Waals surface area contributed by atoms with Gasteiger partial charge >= 0.3 is 0 Å². The van der Waals surface area contributed by atoms with Crippen LogP contribution in [0, 0.1) is 15.3 Å². The van der Waals surface area contributed by atoms with E-state index in [2.05, 4.69) is 68.7 Å². The predicted molar refractivity (Wildman–Crippen MR) is 88.0 cm³/mol. The normalized spacial score (nSPS) is 11.2. The van der Waals surface area contributed by atoms with Crippen LogP contribution in [-0.2, 0) is 6.54 Å². The first kappa shape index (κ1) is 12.4. The van der Waals surface area contributed by atoms with Crippen LogP contribution in [0.2, 0.25) is 0 Å². The van der Waals surface area contributed by atoms with Crippen LogP contribution in [0.5, 0.6) is 0 Å². The van der Waals surface area contributed by atoms with Crippen molar-refractivity contribution in [3.8, 4) is 0 Å². The number of halogens is 1. The fraction of sp³-hybridized carbons (Fsp3) is 0.154. The van der Waals surface area contributed by atoms with Gasteiger partial charge in [0, 0.05) is 8.45 Å². The first-order valence-corrected chi connectivity index (χ1v) is 7.93. The summed E-state index contributed by atoms with van der Waals surface area (Å²) in [5, 5.41) is 2.13. The Morgan fingerprint density at radius 3 is 2.94 bits per heavy atom. The van der Waals surface area contributed by atoms with Gasteiger partial charge < -0.3 is 9.55 Å². The number of hydrogen-bond acceptors (Lipinski definition) is 2. The quantitative estimate of drug-likeness (QED) is 0.499. The molecule has 0 saturated heterocycles. The Morgan fingerprint density at radius 2 is 2.22 bits per heavy atom. The van der Waals surface area contributed by atoms with Crippen molar-refractivity contribution in [2.24, 2.45) is 0 Å². The molecule has 0 aliphatic carbocycles. The molecule has 1 aromatic carbocycles. The zero-order valence-electron chi connectivity index (χ0n) is 9.74. The molecule has 1 N–H and O–H groups in total. The van der Waals surface area contributed by atoms with Gasteiger partial charge in [0.1, 0.15) is 0 Å². The van der Waals surface area contributed by atoms with Crippen LogP contribution in [-0.4, -0.2) is 9.55 Å². The molecule has 0 amide bonds. The van der Waals surface area contributed by atoms with Crippen LogP contribution in [0.3, 0.4) is 0 Å². The predicted octanol–water partition coefficient (Wildman–Crippen LogP) is 4.72. The second-order valence-electron chi connectivity index (χ2n) is 4.20. The van der Waals surface area contributed by atoms with E-state index >= 15 is 0 Å². The number of aromatic amines is 1. The molecular formula is C13H11IN2S2. The highest BCUT2D eigenvalue weighted by Gasteiger charge is 2.07. The first-order chi connectivity index (χ1) is 8.65. The van der Waals surface area contributed by atoms with Gasteiger partial charge in [-0.2, -0.15) is 0 Å². The highest BCUT2D eigenvalue weighted by molar-refractivity contribution is 14.1. The molecule has 0 bridgehead atoms. The van der Waals surface area contributed by atoms with Gasteiger partial charge in [-0.25, -0.2) is 0 Å². The Hall–Kier alpha value is -0.660. The molecule has 5 heteroatoms. The number of H-pyrrole nitrogens is 1. The average Bonchev–Trinajstić information content (AvgIpc) is 2.85. The number of aromatic nitrogens is 2. The molecule has 0 aliphatic rings. The second kappa shape index (κ2) is 4.79. The van der Waals surface area contributed by atoms with Crippen molar-refractivity contribution in [2.45, 2.75) is 13.5 Å². The smallest absolute Gasteiger partial charge is 0.178 e. The van der Waals surface area contributed by atoms with E-state index in [0.29, 0.717) is 0 Å². The van der Waals surface area contributed by atoms with Crippen molar-refractivity contribution in [3.63, 3.8) is 0 Å². The Morgan fingerprint density at radius 1 is 1.39 bits per heavy atom. The minimum Gasteiger partial charge on any atom is -0.331 e. The molecule has 2 heterocycles. The number of benzene rings is 1. The molecule has 3 aromatic rings. The number of fused-ring (bicyclic) bond motifs is 1. The third-order valence-electron chi connectivity index (χ3n) is 3.01. The minimum atomic E-state index is 0.791. The zero-order chi connectivity index (χ0) is 12.7. The van der Waals surface area contributed by atoms with Gasteiger partial charge in [0.05, 0.1) is 17.6 Å². The summed E-state index contributed by atoms with van der Waals surface area (Å²) in [4.78, 5) is 4.64. The Kier molecular flexibility index (Phi) is 3.29. The molecule has 18 heavy (non-hydrogen) atoms. The zero-order valence-corrected chi connectivity index (χ0v) is 13.5. The van der Waals surface area contributed by atoms with Crippen LogP contribution in [0.25, 0.3) is 11.0 Å². The molecule has 2 nitrogen and oxygen atoms in total. The van der Waals surface area contributed by atoms with E-state index in [1.165, 1.54) is 19.5 Å². The van der Waals surface area contributed by atoms with Gasteiger partial charge in [-0.05, 0) is 76.9 Å². The summed E-state index contributed by atoms with van der Waals surface area (Å²) in [5.74, 6) is 0. The molecule has 0 atom stereocenters. The van der Waals surface area contributed by atoms with Gasteiger partial charge in [0.25, 0.3) is 0 Å². The van der Waals surface area contributed by atoms with Gasteiger partial charge in [-0.1, -0.05) is 0 Å². The maximum atomic E-state index is 5.42. The van der Waals surface area contributed by atoms with Crippen LogP contribution < -0.4 is 0 Å². The Balaban J connectivity index is 2.15. The van der Waals surface area contributed by atoms with E-state index in [9.17, 15) is 0 Å². The molecule has 92 valence electrons. The summed E-state index contributed by atoms with van der Waals surface area (Å²) in [5.41, 5.74) is 3.62. The average molecular weight is 386 g/mol. The van der Waals surface area contributed by atoms with Crippen molar-refractivity contribution in [2.75, 3.05) is 0 Å². The lowest BCUT2D eigenvalue weighted by molar-refractivity contribution is 0.819. The van der Waals surface area contributed by atoms with Gasteiger partial charge in [-0.15, -0.1) is 11.3 Å². The molecule has 0 aliphatic heterocycles. The number of aryl methyl sites for hydroxylation is 1. The first-order valence-electron chi connectivity index (χ1n) is 5.56.